The Morgan fingerprint density at radius 2 is 1.65 bits per heavy atom. The van der Waals surface area contributed by atoms with Crippen LogP contribution in [0.3, 0.4) is 0 Å². The molecule has 3 aromatic rings. The van der Waals surface area contributed by atoms with Crippen molar-refractivity contribution in [3.8, 4) is 0 Å². The van der Waals surface area contributed by atoms with Crippen molar-refractivity contribution in [3.05, 3.63) is 54.4 Å². The summed E-state index contributed by atoms with van der Waals surface area (Å²) in [5, 5.41) is 5.90. The number of halogens is 1. The van der Waals surface area contributed by atoms with Crippen LogP contribution < -0.4 is 16.4 Å². The van der Waals surface area contributed by atoms with Gasteiger partial charge in [-0.3, -0.25) is 0 Å². The first kappa shape index (κ1) is 14.6. The summed E-state index contributed by atoms with van der Waals surface area (Å²) in [6.07, 6.45) is 3.29. The largest absolute Gasteiger partial charge is 0.368 e. The van der Waals surface area contributed by atoms with Crippen LogP contribution in [0.15, 0.2) is 42.7 Å². The number of nitrogens with zero attached hydrogens (tertiary/aromatic N) is 5. The molecule has 0 unspecified atom stereocenters. The summed E-state index contributed by atoms with van der Waals surface area (Å²) in [5.74, 6) is 0.867. The number of nitrogens with one attached hydrogen (secondary N) is 2. The number of hydrogen-bond acceptors (Lipinski definition) is 8. The van der Waals surface area contributed by atoms with E-state index in [0.29, 0.717) is 18.1 Å². The quantitative estimate of drug-likeness (QED) is 0.652. The van der Waals surface area contributed by atoms with Crippen LogP contribution in [0.1, 0.15) is 5.82 Å². The third-order valence-electron chi connectivity index (χ3n) is 2.78. The van der Waals surface area contributed by atoms with E-state index in [2.05, 4.69) is 35.6 Å². The maximum Gasteiger partial charge on any atom is 0.233 e. The summed E-state index contributed by atoms with van der Waals surface area (Å²) >= 11 is 0. The van der Waals surface area contributed by atoms with Gasteiger partial charge in [0.05, 0.1) is 6.54 Å². The number of benzene rings is 1. The minimum atomic E-state index is -0.323. The van der Waals surface area contributed by atoms with Crippen molar-refractivity contribution in [2.75, 3.05) is 16.4 Å². The highest BCUT2D eigenvalue weighted by Gasteiger charge is 2.05. The second-order valence-corrected chi connectivity index (χ2v) is 4.49. The standard InChI is InChI=1S/C14H13FN8/c15-9-2-4-10(5-3-9)20-14-22-12(16)21-13(23-14)19-8-11-17-6-1-7-18-11/h1-7H,8H2,(H4,16,19,20,21,22,23). The van der Waals surface area contributed by atoms with Gasteiger partial charge in [-0.1, -0.05) is 0 Å². The Morgan fingerprint density at radius 1 is 0.957 bits per heavy atom. The van der Waals surface area contributed by atoms with Crippen molar-refractivity contribution in [1.82, 2.24) is 24.9 Å². The zero-order valence-electron chi connectivity index (χ0n) is 11.9. The molecule has 0 amide bonds. The molecule has 0 aliphatic rings. The molecule has 0 saturated heterocycles. The van der Waals surface area contributed by atoms with Gasteiger partial charge in [0.15, 0.2) is 0 Å². The molecular formula is C14H13FN8. The lowest BCUT2D eigenvalue weighted by atomic mass is 10.3. The number of hydrogen-bond donors (Lipinski definition) is 3. The van der Waals surface area contributed by atoms with Crippen molar-refractivity contribution in [3.63, 3.8) is 0 Å². The van der Waals surface area contributed by atoms with E-state index in [-0.39, 0.29) is 23.7 Å². The van der Waals surface area contributed by atoms with Gasteiger partial charge in [-0.15, -0.1) is 0 Å². The lowest BCUT2D eigenvalue weighted by Crippen LogP contribution is -2.10. The molecule has 23 heavy (non-hydrogen) atoms. The Balaban J connectivity index is 1.72. The van der Waals surface area contributed by atoms with E-state index in [9.17, 15) is 4.39 Å². The summed E-state index contributed by atoms with van der Waals surface area (Å²) in [7, 11) is 0. The van der Waals surface area contributed by atoms with Gasteiger partial charge in [0.2, 0.25) is 17.8 Å². The zero-order chi connectivity index (χ0) is 16.1. The normalized spacial score (nSPS) is 10.3. The van der Waals surface area contributed by atoms with Gasteiger partial charge in [0.1, 0.15) is 11.6 Å². The molecule has 0 fully saturated rings. The van der Waals surface area contributed by atoms with Gasteiger partial charge < -0.3 is 16.4 Å². The van der Waals surface area contributed by atoms with Crippen molar-refractivity contribution < 1.29 is 4.39 Å². The first-order chi connectivity index (χ1) is 11.2. The third-order valence-corrected chi connectivity index (χ3v) is 2.78. The van der Waals surface area contributed by atoms with Crippen LogP contribution >= 0.6 is 0 Å². The highest BCUT2D eigenvalue weighted by molar-refractivity contribution is 5.54. The van der Waals surface area contributed by atoms with Gasteiger partial charge in [-0.2, -0.15) is 15.0 Å². The number of nitrogens with two attached hydrogens (primary N) is 1. The van der Waals surface area contributed by atoms with Crippen molar-refractivity contribution in [2.24, 2.45) is 0 Å². The molecule has 1 aromatic carbocycles. The predicted octanol–water partition coefficient (Wildman–Crippen LogP) is 1.74. The smallest absolute Gasteiger partial charge is 0.233 e. The Hall–Kier alpha value is -3.36. The van der Waals surface area contributed by atoms with Crippen LogP contribution in [0, 0.1) is 5.82 Å². The third kappa shape index (κ3) is 4.06. The Morgan fingerprint density at radius 3 is 2.39 bits per heavy atom. The number of rotatable bonds is 5. The van der Waals surface area contributed by atoms with E-state index in [1.54, 1.807) is 30.6 Å². The van der Waals surface area contributed by atoms with Gasteiger partial charge in [0, 0.05) is 18.1 Å². The molecule has 0 saturated carbocycles. The molecule has 8 nitrogen and oxygen atoms in total. The van der Waals surface area contributed by atoms with E-state index in [1.165, 1.54) is 12.1 Å². The van der Waals surface area contributed by atoms with E-state index in [1.807, 2.05) is 0 Å². The van der Waals surface area contributed by atoms with Crippen LogP contribution in [0.5, 0.6) is 0 Å². The number of aromatic nitrogens is 5. The molecule has 3 rings (SSSR count). The molecule has 2 aromatic heterocycles. The minimum absolute atomic E-state index is 0.0566. The summed E-state index contributed by atoms with van der Waals surface area (Å²) in [5.41, 5.74) is 6.31. The zero-order valence-corrected chi connectivity index (χ0v) is 11.9. The lowest BCUT2D eigenvalue weighted by Gasteiger charge is -2.08. The van der Waals surface area contributed by atoms with Crippen molar-refractivity contribution in [2.45, 2.75) is 6.54 Å². The fourth-order valence-corrected chi connectivity index (χ4v) is 1.77. The maximum absolute atomic E-state index is 12.9. The fourth-order valence-electron chi connectivity index (χ4n) is 1.77. The molecule has 9 heteroatoms. The van der Waals surface area contributed by atoms with Gasteiger partial charge in [-0.25, -0.2) is 14.4 Å². The summed E-state index contributed by atoms with van der Waals surface area (Å²) < 4.78 is 12.9. The first-order valence-corrected chi connectivity index (χ1v) is 6.73. The number of anilines is 4. The van der Waals surface area contributed by atoms with E-state index >= 15 is 0 Å². The summed E-state index contributed by atoms with van der Waals surface area (Å²) in [6.45, 7) is 0.348. The maximum atomic E-state index is 12.9. The molecule has 0 atom stereocenters. The van der Waals surface area contributed by atoms with Gasteiger partial charge in [0.25, 0.3) is 0 Å². The van der Waals surface area contributed by atoms with Crippen LogP contribution in [0.2, 0.25) is 0 Å². The molecule has 0 aliphatic carbocycles. The Bertz CT molecular complexity index is 779. The average molecular weight is 312 g/mol. The van der Waals surface area contributed by atoms with Gasteiger partial charge >= 0.3 is 0 Å². The minimum Gasteiger partial charge on any atom is -0.368 e. The van der Waals surface area contributed by atoms with Crippen LogP contribution in [0.25, 0.3) is 0 Å². The Labute approximate surface area is 131 Å². The first-order valence-electron chi connectivity index (χ1n) is 6.73. The van der Waals surface area contributed by atoms with Gasteiger partial charge in [-0.05, 0) is 30.3 Å². The van der Waals surface area contributed by atoms with Crippen molar-refractivity contribution in [1.29, 1.82) is 0 Å². The van der Waals surface area contributed by atoms with E-state index in [4.69, 9.17) is 5.73 Å². The monoisotopic (exact) mass is 312 g/mol. The molecule has 116 valence electrons. The second-order valence-electron chi connectivity index (χ2n) is 4.49. The van der Waals surface area contributed by atoms with Crippen LogP contribution in [-0.2, 0) is 6.54 Å². The number of nitrogen functional groups attached to an aromatic ring is 1. The van der Waals surface area contributed by atoms with E-state index < -0.39 is 0 Å². The van der Waals surface area contributed by atoms with E-state index in [0.717, 1.165) is 0 Å². The predicted molar refractivity (Wildman–Crippen MR) is 83.3 cm³/mol. The topological polar surface area (TPSA) is 115 Å². The highest BCUT2D eigenvalue weighted by Crippen LogP contribution is 2.15. The van der Waals surface area contributed by atoms with Crippen LogP contribution in [0.4, 0.5) is 27.9 Å². The molecule has 2 heterocycles. The lowest BCUT2D eigenvalue weighted by molar-refractivity contribution is 0.628. The fraction of sp³-hybridized carbons (Fsp3) is 0.0714. The second kappa shape index (κ2) is 6.60. The SMILES string of the molecule is Nc1nc(NCc2ncccn2)nc(Nc2ccc(F)cc2)n1. The summed E-state index contributed by atoms with van der Waals surface area (Å²) in [4.78, 5) is 20.3. The molecule has 0 radical (unpaired) electrons. The average Bonchev–Trinajstić information content (AvgIpc) is 2.56. The highest BCUT2D eigenvalue weighted by atomic mass is 19.1. The Kier molecular flexibility index (Phi) is 4.18. The molecule has 0 bridgehead atoms. The van der Waals surface area contributed by atoms with Crippen LogP contribution in [-0.4, -0.2) is 24.9 Å². The summed E-state index contributed by atoms with van der Waals surface area (Å²) in [6, 6.07) is 7.53. The van der Waals surface area contributed by atoms with Crippen molar-refractivity contribution >= 4 is 23.5 Å². The molecule has 0 spiro atoms. The molecule has 4 N–H and O–H groups in total. The molecular weight excluding hydrogens is 299 g/mol. The molecule has 0 aliphatic heterocycles.